The summed E-state index contributed by atoms with van der Waals surface area (Å²) in [6, 6.07) is 1.48. The third-order valence-electron chi connectivity index (χ3n) is 9.24. The van der Waals surface area contributed by atoms with Crippen LogP contribution in [0.15, 0.2) is 41.4 Å². The van der Waals surface area contributed by atoms with Crippen LogP contribution < -0.4 is 26.6 Å². The maximum absolute atomic E-state index is 13.4. The van der Waals surface area contributed by atoms with E-state index in [0.717, 1.165) is 25.7 Å². The molecule has 0 aliphatic heterocycles. The molecule has 2 rings (SSSR count). The summed E-state index contributed by atoms with van der Waals surface area (Å²) in [7, 11) is 0. The van der Waals surface area contributed by atoms with Gasteiger partial charge in [0.1, 0.15) is 0 Å². The van der Waals surface area contributed by atoms with Gasteiger partial charge in [0.25, 0.3) is 0 Å². The van der Waals surface area contributed by atoms with E-state index in [4.69, 9.17) is 29.4 Å². The van der Waals surface area contributed by atoms with Gasteiger partial charge in [0.15, 0.2) is 16.2 Å². The normalized spacial score (nSPS) is 13.9. The number of unbranched alkanes of at least 4 members (excludes halogenated alkanes) is 2. The molecule has 0 saturated carbocycles. The van der Waals surface area contributed by atoms with Crippen molar-refractivity contribution >= 4 is 52.0 Å². The van der Waals surface area contributed by atoms with Crippen LogP contribution in [0.3, 0.4) is 0 Å². The molecule has 0 spiro atoms. The highest BCUT2D eigenvalue weighted by molar-refractivity contribution is 7.80. The Kier molecular flexibility index (Phi) is 20.0. The summed E-state index contributed by atoms with van der Waals surface area (Å²) in [5.74, 6) is 0.406. The Balaban J connectivity index is 2.24. The lowest BCUT2D eigenvalue weighted by Crippen LogP contribution is -2.46. The highest BCUT2D eigenvalue weighted by atomic mass is 32.1. The zero-order valence-corrected chi connectivity index (χ0v) is 35.7. The minimum Gasteiger partial charge on any atom is -0.359 e. The predicted molar refractivity (Wildman–Crippen MR) is 220 cm³/mol. The van der Waals surface area contributed by atoms with Gasteiger partial charge in [0.05, 0.1) is 22.3 Å². The second-order valence-corrected chi connectivity index (χ2v) is 15.7. The SMILES string of the molecule is CCCCN(CCCC)C(=NCC[C@@H](NC(=S)Nc1cc(C(F)(F)F)cc(C(F)(F)F)c1)C(C)C)NCC[C@@H](NC(=S)Nc1cc(C(F)(F)F)cc(C(F)(F)F)c1)C(C)C. The van der Waals surface area contributed by atoms with Crippen LogP contribution >= 0.6 is 24.4 Å². The third-order valence-corrected chi connectivity index (χ3v) is 9.68. The molecule has 0 bridgehead atoms. The molecule has 2 atom stereocenters. The minimum absolute atomic E-state index is 0.0291. The van der Waals surface area contributed by atoms with Crippen molar-refractivity contribution in [2.24, 2.45) is 16.8 Å². The Bertz CT molecular complexity index is 1640. The largest absolute Gasteiger partial charge is 0.416 e. The quantitative estimate of drug-likeness (QED) is 0.0438. The van der Waals surface area contributed by atoms with Crippen LogP contribution in [0.4, 0.5) is 64.1 Å². The Morgan fingerprint density at radius 1 is 0.583 bits per heavy atom. The zero-order chi connectivity index (χ0) is 45.6. The maximum Gasteiger partial charge on any atom is 0.416 e. The smallest absolute Gasteiger partial charge is 0.359 e. The van der Waals surface area contributed by atoms with Crippen molar-refractivity contribution in [3.8, 4) is 0 Å². The maximum atomic E-state index is 13.4. The lowest BCUT2D eigenvalue weighted by atomic mass is 10.0. The molecule has 60 heavy (non-hydrogen) atoms. The molecule has 0 saturated heterocycles. The minimum atomic E-state index is -5.03. The first-order chi connectivity index (χ1) is 27.6. The van der Waals surface area contributed by atoms with Gasteiger partial charge in [-0.15, -0.1) is 0 Å². The molecule has 0 aliphatic carbocycles. The second kappa shape index (κ2) is 22.9. The van der Waals surface area contributed by atoms with E-state index in [-0.39, 0.29) is 46.8 Å². The summed E-state index contributed by atoms with van der Waals surface area (Å²) in [4.78, 5) is 6.98. The second-order valence-electron chi connectivity index (χ2n) is 14.9. The molecule has 0 amide bonds. The fourth-order valence-corrected chi connectivity index (χ4v) is 6.35. The van der Waals surface area contributed by atoms with Crippen molar-refractivity contribution in [1.82, 2.24) is 20.9 Å². The van der Waals surface area contributed by atoms with Crippen molar-refractivity contribution in [1.29, 1.82) is 0 Å². The standard InChI is InChI=1S/C39H53F12N7S2/c1-7-9-15-58(16-10-8-2)33(52-13-11-31(23(3)4)56-34(59)54-29-19-25(36(40,41)42)17-26(20-29)37(43,44)45)53-14-12-32(24(5)6)57-35(60)55-30-21-27(38(46,47)48)18-28(22-30)39(49,50)51/h17-24,31-32H,7-16H2,1-6H3,(H,52,53)(H2,54,56,59)(H2,55,57,60)/t31-,32-/m1/s1. The Labute approximate surface area is 353 Å². The van der Waals surface area contributed by atoms with Gasteiger partial charge in [0, 0.05) is 49.6 Å². The Morgan fingerprint density at radius 3 is 1.25 bits per heavy atom. The summed E-state index contributed by atoms with van der Waals surface area (Å²) < 4.78 is 161. The molecule has 0 unspecified atom stereocenters. The number of thiocarbonyl (C=S) groups is 2. The lowest BCUT2D eigenvalue weighted by Gasteiger charge is -2.29. The average molecular weight is 912 g/mol. The zero-order valence-electron chi connectivity index (χ0n) is 34.1. The molecular weight excluding hydrogens is 859 g/mol. The number of rotatable bonds is 18. The van der Waals surface area contributed by atoms with Crippen molar-refractivity contribution in [3.05, 3.63) is 58.7 Å². The fourth-order valence-electron chi connectivity index (χ4n) is 5.81. The fraction of sp³-hybridized carbons (Fsp3) is 0.615. The third kappa shape index (κ3) is 18.1. The first kappa shape index (κ1) is 52.4. The average Bonchev–Trinajstić information content (AvgIpc) is 3.11. The Hall–Kier alpha value is -3.75. The Morgan fingerprint density at radius 2 is 0.933 bits per heavy atom. The van der Waals surface area contributed by atoms with E-state index >= 15 is 0 Å². The van der Waals surface area contributed by atoms with Gasteiger partial charge in [-0.1, -0.05) is 54.4 Å². The van der Waals surface area contributed by atoms with Gasteiger partial charge in [0.2, 0.25) is 0 Å². The van der Waals surface area contributed by atoms with Gasteiger partial charge < -0.3 is 31.5 Å². The van der Waals surface area contributed by atoms with Crippen LogP contribution in [0.2, 0.25) is 0 Å². The molecule has 0 aromatic heterocycles. The molecule has 0 aliphatic rings. The van der Waals surface area contributed by atoms with E-state index in [0.29, 0.717) is 62.7 Å². The first-order valence-electron chi connectivity index (χ1n) is 19.4. The number of nitrogens with one attached hydrogen (secondary N) is 5. The highest BCUT2D eigenvalue weighted by Gasteiger charge is 2.38. The van der Waals surface area contributed by atoms with Crippen molar-refractivity contribution < 1.29 is 52.7 Å². The number of aliphatic imine (C=N–C) groups is 1. The predicted octanol–water partition coefficient (Wildman–Crippen LogP) is 11.7. The van der Waals surface area contributed by atoms with E-state index < -0.39 is 64.4 Å². The van der Waals surface area contributed by atoms with Gasteiger partial charge in [-0.25, -0.2) is 0 Å². The van der Waals surface area contributed by atoms with Crippen molar-refractivity contribution in [2.45, 2.75) is 117 Å². The molecule has 2 aromatic rings. The van der Waals surface area contributed by atoms with Crippen LogP contribution in [0, 0.1) is 11.8 Å². The number of hydrogen-bond donors (Lipinski definition) is 5. The van der Waals surface area contributed by atoms with Crippen LogP contribution in [0.25, 0.3) is 0 Å². The van der Waals surface area contributed by atoms with E-state index in [1.165, 1.54) is 0 Å². The summed E-state index contributed by atoms with van der Waals surface area (Å²) >= 11 is 10.6. The topological polar surface area (TPSA) is 75.8 Å². The number of anilines is 2. The monoisotopic (exact) mass is 911 g/mol. The number of alkyl halides is 12. The van der Waals surface area contributed by atoms with Gasteiger partial charge in [-0.05, 0) is 98.4 Å². The number of benzene rings is 2. The van der Waals surface area contributed by atoms with Gasteiger partial charge in [-0.3, -0.25) is 4.99 Å². The molecule has 0 radical (unpaired) electrons. The number of halogens is 12. The summed E-state index contributed by atoms with van der Waals surface area (Å²) in [6.45, 7) is 13.5. The molecule has 7 nitrogen and oxygen atoms in total. The molecular formula is C39H53F12N7S2. The van der Waals surface area contributed by atoms with Crippen LogP contribution in [-0.4, -0.2) is 59.3 Å². The summed E-state index contributed by atoms with van der Waals surface area (Å²) in [6.07, 6.45) is -15.8. The van der Waals surface area contributed by atoms with Crippen molar-refractivity contribution in [3.63, 3.8) is 0 Å². The van der Waals surface area contributed by atoms with Crippen LogP contribution in [-0.2, 0) is 24.7 Å². The number of nitrogens with zero attached hydrogens (tertiary/aromatic N) is 2. The van der Waals surface area contributed by atoms with E-state index in [1.54, 1.807) is 0 Å². The molecule has 0 heterocycles. The summed E-state index contributed by atoms with van der Waals surface area (Å²) in [5, 5.41) is 14.0. The molecule has 0 fully saturated rings. The van der Waals surface area contributed by atoms with Crippen LogP contribution in [0.5, 0.6) is 0 Å². The molecule has 340 valence electrons. The lowest BCUT2D eigenvalue weighted by molar-refractivity contribution is -0.144. The van der Waals surface area contributed by atoms with Gasteiger partial charge in [-0.2, -0.15) is 52.7 Å². The van der Waals surface area contributed by atoms with E-state index in [9.17, 15) is 52.7 Å². The van der Waals surface area contributed by atoms with Crippen LogP contribution in [0.1, 0.15) is 102 Å². The molecule has 21 heteroatoms. The number of guanidine groups is 1. The number of hydrogen-bond acceptors (Lipinski definition) is 3. The summed E-state index contributed by atoms with van der Waals surface area (Å²) in [5.41, 5.74) is -6.90. The first-order valence-corrected chi connectivity index (χ1v) is 20.2. The molecule has 5 N–H and O–H groups in total. The van der Waals surface area contributed by atoms with E-state index in [1.807, 2.05) is 41.5 Å². The van der Waals surface area contributed by atoms with Gasteiger partial charge >= 0.3 is 24.7 Å². The highest BCUT2D eigenvalue weighted by Crippen LogP contribution is 2.39. The van der Waals surface area contributed by atoms with Crippen molar-refractivity contribution in [2.75, 3.05) is 36.8 Å². The molecule has 2 aromatic carbocycles. The van der Waals surface area contributed by atoms with E-state index in [2.05, 4.69) is 31.5 Å².